The molecule has 4 nitrogen and oxygen atoms in total. The van der Waals surface area contributed by atoms with Gasteiger partial charge in [-0.2, -0.15) is 0 Å². The molecule has 0 fully saturated rings. The number of thioether (sulfide) groups is 1. The minimum absolute atomic E-state index is 0.0243. The van der Waals surface area contributed by atoms with Crippen LogP contribution in [0.5, 0.6) is 0 Å². The maximum absolute atomic E-state index is 12.3. The lowest BCUT2D eigenvalue weighted by Crippen LogP contribution is -2.28. The second kappa shape index (κ2) is 10.0. The summed E-state index contributed by atoms with van der Waals surface area (Å²) in [7, 11) is 0. The summed E-state index contributed by atoms with van der Waals surface area (Å²) in [5, 5.41) is 12.4. The molecule has 0 aliphatic carbocycles. The van der Waals surface area contributed by atoms with Crippen LogP contribution in [0.1, 0.15) is 18.5 Å². The normalized spacial score (nSPS) is 11.6. The topological polar surface area (TPSA) is 54.9 Å². The second-order valence-corrected chi connectivity index (χ2v) is 8.18. The van der Waals surface area contributed by atoms with E-state index < -0.39 is 0 Å². The van der Waals surface area contributed by atoms with Crippen molar-refractivity contribution in [3.63, 3.8) is 0 Å². The van der Waals surface area contributed by atoms with E-state index in [1.165, 1.54) is 22.9 Å². The first-order chi connectivity index (χ1) is 15.2. The highest BCUT2D eigenvalue weighted by atomic mass is 32.2. The Kier molecular flexibility index (Phi) is 6.75. The number of amides is 1. The van der Waals surface area contributed by atoms with Crippen molar-refractivity contribution >= 4 is 17.7 Å². The molecule has 0 aliphatic heterocycles. The molecule has 0 spiro atoms. The van der Waals surface area contributed by atoms with E-state index in [0.717, 1.165) is 21.8 Å². The lowest BCUT2D eigenvalue weighted by atomic mass is 10.0. The van der Waals surface area contributed by atoms with E-state index in [-0.39, 0.29) is 11.9 Å². The van der Waals surface area contributed by atoms with Crippen molar-refractivity contribution in [1.82, 2.24) is 15.5 Å². The van der Waals surface area contributed by atoms with Crippen molar-refractivity contribution < 1.29 is 4.79 Å². The summed E-state index contributed by atoms with van der Waals surface area (Å²) in [6, 6.07) is 32.3. The molecule has 3 aromatic carbocycles. The van der Waals surface area contributed by atoms with Crippen molar-refractivity contribution in [1.29, 1.82) is 0 Å². The van der Waals surface area contributed by atoms with Gasteiger partial charge in [0.15, 0.2) is 0 Å². The molecule has 4 aromatic rings. The Morgan fingerprint density at radius 3 is 2.03 bits per heavy atom. The standard InChI is InChI=1S/C26H23N3OS/c1-19(20-8-4-2-5-9-20)27-25(30)18-31-26-17-16-24(28-29-26)23-14-12-22(13-15-23)21-10-6-3-7-11-21/h2-17,19H,18H2,1H3,(H,27,30). The number of rotatable bonds is 7. The number of carbonyl (C=O) groups excluding carboxylic acids is 1. The highest BCUT2D eigenvalue weighted by molar-refractivity contribution is 7.99. The number of nitrogens with one attached hydrogen (secondary N) is 1. The average Bonchev–Trinajstić information content (AvgIpc) is 2.84. The molecule has 0 saturated heterocycles. The summed E-state index contributed by atoms with van der Waals surface area (Å²) in [6.45, 7) is 1.98. The smallest absolute Gasteiger partial charge is 0.230 e. The highest BCUT2D eigenvalue weighted by Crippen LogP contribution is 2.24. The van der Waals surface area contributed by atoms with Crippen LogP contribution in [0.15, 0.2) is 102 Å². The first-order valence-electron chi connectivity index (χ1n) is 10.2. The first kappa shape index (κ1) is 20.8. The van der Waals surface area contributed by atoms with E-state index in [4.69, 9.17) is 0 Å². The molecular weight excluding hydrogens is 402 g/mol. The molecule has 1 unspecified atom stereocenters. The van der Waals surface area contributed by atoms with Crippen molar-refractivity contribution in [3.05, 3.63) is 103 Å². The van der Waals surface area contributed by atoms with Gasteiger partial charge in [-0.1, -0.05) is 96.7 Å². The summed E-state index contributed by atoms with van der Waals surface area (Å²) >= 11 is 1.38. The molecule has 31 heavy (non-hydrogen) atoms. The molecule has 1 amide bonds. The molecular formula is C26H23N3OS. The van der Waals surface area contributed by atoms with Gasteiger partial charge in [-0.05, 0) is 35.7 Å². The van der Waals surface area contributed by atoms with E-state index in [9.17, 15) is 4.79 Å². The lowest BCUT2D eigenvalue weighted by Gasteiger charge is -2.13. The fraction of sp³-hybridized carbons (Fsp3) is 0.115. The number of aromatic nitrogens is 2. The van der Waals surface area contributed by atoms with E-state index >= 15 is 0 Å². The summed E-state index contributed by atoms with van der Waals surface area (Å²) in [5.41, 5.74) is 5.26. The summed E-state index contributed by atoms with van der Waals surface area (Å²) < 4.78 is 0. The summed E-state index contributed by atoms with van der Waals surface area (Å²) in [5.74, 6) is 0.278. The Labute approximate surface area is 186 Å². The monoisotopic (exact) mass is 425 g/mol. The van der Waals surface area contributed by atoms with Gasteiger partial charge in [-0.15, -0.1) is 10.2 Å². The number of nitrogens with zero attached hydrogens (tertiary/aromatic N) is 2. The van der Waals surface area contributed by atoms with Crippen molar-refractivity contribution in [2.24, 2.45) is 0 Å². The average molecular weight is 426 g/mol. The molecule has 0 radical (unpaired) electrons. The van der Waals surface area contributed by atoms with Gasteiger partial charge in [0.25, 0.3) is 0 Å². The molecule has 0 bridgehead atoms. The zero-order chi connectivity index (χ0) is 21.5. The molecule has 5 heteroatoms. The van der Waals surface area contributed by atoms with Crippen LogP contribution in [0.4, 0.5) is 0 Å². The maximum atomic E-state index is 12.3. The molecule has 154 valence electrons. The van der Waals surface area contributed by atoms with Crippen molar-refractivity contribution in [2.75, 3.05) is 5.75 Å². The first-order valence-corrected chi connectivity index (χ1v) is 11.1. The fourth-order valence-electron chi connectivity index (χ4n) is 3.26. The zero-order valence-electron chi connectivity index (χ0n) is 17.2. The number of hydrogen-bond acceptors (Lipinski definition) is 4. The van der Waals surface area contributed by atoms with Gasteiger partial charge in [0.2, 0.25) is 5.91 Å². The number of hydrogen-bond donors (Lipinski definition) is 1. The zero-order valence-corrected chi connectivity index (χ0v) is 18.0. The highest BCUT2D eigenvalue weighted by Gasteiger charge is 2.10. The van der Waals surface area contributed by atoms with E-state index in [0.29, 0.717) is 5.75 Å². The molecule has 1 N–H and O–H groups in total. The second-order valence-electron chi connectivity index (χ2n) is 7.19. The van der Waals surface area contributed by atoms with Gasteiger partial charge in [0.05, 0.1) is 17.5 Å². The van der Waals surface area contributed by atoms with Gasteiger partial charge < -0.3 is 5.32 Å². The Hall–Kier alpha value is -3.44. The SMILES string of the molecule is CC(NC(=O)CSc1ccc(-c2ccc(-c3ccccc3)cc2)nn1)c1ccccc1. The molecule has 1 heterocycles. The predicted molar refractivity (Wildman–Crippen MR) is 127 cm³/mol. The minimum atomic E-state index is -0.0263. The van der Waals surface area contributed by atoms with Crippen LogP contribution in [-0.4, -0.2) is 21.9 Å². The van der Waals surface area contributed by atoms with Gasteiger partial charge in [-0.3, -0.25) is 4.79 Å². The molecule has 4 rings (SSSR count). The number of benzene rings is 3. The minimum Gasteiger partial charge on any atom is -0.349 e. The van der Waals surface area contributed by atoms with Crippen LogP contribution in [-0.2, 0) is 4.79 Å². The van der Waals surface area contributed by atoms with Crippen LogP contribution >= 0.6 is 11.8 Å². The third-order valence-corrected chi connectivity index (χ3v) is 5.88. The molecule has 1 aromatic heterocycles. The molecule has 0 aliphatic rings. The van der Waals surface area contributed by atoms with Gasteiger partial charge in [0, 0.05) is 5.56 Å². The summed E-state index contributed by atoms with van der Waals surface area (Å²) in [4.78, 5) is 12.3. The van der Waals surface area contributed by atoms with E-state index in [1.54, 1.807) is 0 Å². The number of carbonyl (C=O) groups is 1. The lowest BCUT2D eigenvalue weighted by molar-refractivity contribution is -0.119. The third-order valence-electron chi connectivity index (χ3n) is 4.96. The van der Waals surface area contributed by atoms with Crippen LogP contribution in [0.2, 0.25) is 0 Å². The van der Waals surface area contributed by atoms with Crippen molar-refractivity contribution in [2.45, 2.75) is 18.0 Å². The van der Waals surface area contributed by atoms with Crippen LogP contribution in [0.3, 0.4) is 0 Å². The van der Waals surface area contributed by atoms with Gasteiger partial charge in [0.1, 0.15) is 5.03 Å². The third kappa shape index (κ3) is 5.58. The predicted octanol–water partition coefficient (Wildman–Crippen LogP) is 5.78. The fourth-order valence-corrected chi connectivity index (χ4v) is 3.89. The molecule has 0 saturated carbocycles. The maximum Gasteiger partial charge on any atom is 0.230 e. The van der Waals surface area contributed by atoms with Crippen LogP contribution in [0.25, 0.3) is 22.4 Å². The van der Waals surface area contributed by atoms with Crippen LogP contribution in [0, 0.1) is 0 Å². The Morgan fingerprint density at radius 1 is 0.774 bits per heavy atom. The van der Waals surface area contributed by atoms with Crippen molar-refractivity contribution in [3.8, 4) is 22.4 Å². The quantitative estimate of drug-likeness (QED) is 0.381. The Bertz CT molecular complexity index is 1110. The Morgan fingerprint density at radius 2 is 1.39 bits per heavy atom. The summed E-state index contributed by atoms with van der Waals surface area (Å²) in [6.07, 6.45) is 0. The van der Waals surface area contributed by atoms with Crippen LogP contribution < -0.4 is 5.32 Å². The van der Waals surface area contributed by atoms with E-state index in [1.807, 2.05) is 67.6 Å². The van der Waals surface area contributed by atoms with Gasteiger partial charge in [-0.25, -0.2) is 0 Å². The largest absolute Gasteiger partial charge is 0.349 e. The Balaban J connectivity index is 1.32. The molecule has 1 atom stereocenters. The van der Waals surface area contributed by atoms with Gasteiger partial charge >= 0.3 is 0 Å². The van der Waals surface area contributed by atoms with E-state index in [2.05, 4.69) is 51.9 Å².